The number of nitrogens with one attached hydrogen (secondary N) is 1. The summed E-state index contributed by atoms with van der Waals surface area (Å²) in [7, 11) is -2.31. The molecule has 0 unspecified atom stereocenters. The van der Waals surface area contributed by atoms with Crippen LogP contribution < -0.4 is 10.1 Å². The van der Waals surface area contributed by atoms with E-state index in [2.05, 4.69) is 10.3 Å². The van der Waals surface area contributed by atoms with Crippen LogP contribution in [0.25, 0.3) is 6.08 Å². The van der Waals surface area contributed by atoms with Crippen molar-refractivity contribution in [2.75, 3.05) is 38.7 Å². The van der Waals surface area contributed by atoms with E-state index in [-0.39, 0.29) is 16.6 Å². The van der Waals surface area contributed by atoms with Gasteiger partial charge in [-0.2, -0.15) is 4.31 Å². The van der Waals surface area contributed by atoms with Gasteiger partial charge in [0.25, 0.3) is 0 Å². The Morgan fingerprint density at radius 2 is 2.03 bits per heavy atom. The minimum atomic E-state index is -3.73. The van der Waals surface area contributed by atoms with E-state index in [0.29, 0.717) is 37.0 Å². The minimum absolute atomic E-state index is 0.0654. The topological polar surface area (TPSA) is 97.8 Å². The Morgan fingerprint density at radius 3 is 2.66 bits per heavy atom. The second-order valence-corrected chi connectivity index (χ2v) is 9.52. The fourth-order valence-corrected chi connectivity index (χ4v) is 5.19. The van der Waals surface area contributed by atoms with Crippen molar-refractivity contribution in [2.45, 2.75) is 18.7 Å². The lowest BCUT2D eigenvalue weighted by Crippen LogP contribution is -2.40. The number of ether oxygens (including phenoxy) is 2. The number of hydrogen-bond donors (Lipinski definition) is 1. The maximum Gasteiger partial charge on any atom is 0.250 e. The van der Waals surface area contributed by atoms with E-state index in [1.165, 1.54) is 34.9 Å². The van der Waals surface area contributed by atoms with Gasteiger partial charge in [-0.05, 0) is 37.6 Å². The van der Waals surface area contributed by atoms with Gasteiger partial charge in [0.1, 0.15) is 10.6 Å². The highest BCUT2D eigenvalue weighted by molar-refractivity contribution is 7.89. The van der Waals surface area contributed by atoms with E-state index in [1.807, 2.05) is 13.8 Å². The van der Waals surface area contributed by atoms with E-state index in [4.69, 9.17) is 9.47 Å². The van der Waals surface area contributed by atoms with Gasteiger partial charge in [-0.15, -0.1) is 11.3 Å². The number of sulfonamides is 1. The molecule has 0 radical (unpaired) electrons. The van der Waals surface area contributed by atoms with Gasteiger partial charge < -0.3 is 9.47 Å². The highest BCUT2D eigenvalue weighted by atomic mass is 32.2. The molecule has 0 atom stereocenters. The number of hydrogen-bond acceptors (Lipinski definition) is 7. The summed E-state index contributed by atoms with van der Waals surface area (Å²) in [6.45, 7) is 5.12. The van der Waals surface area contributed by atoms with Crippen LogP contribution in [0.3, 0.4) is 0 Å². The first-order valence-corrected chi connectivity index (χ1v) is 11.3. The molecule has 1 N–H and O–H groups in total. The highest BCUT2D eigenvalue weighted by Gasteiger charge is 2.29. The number of nitrogens with zero attached hydrogens (tertiary/aromatic N) is 2. The Hall–Kier alpha value is -2.27. The Labute approximate surface area is 174 Å². The van der Waals surface area contributed by atoms with Gasteiger partial charge in [0.2, 0.25) is 15.9 Å². The molecule has 1 aromatic heterocycles. The van der Waals surface area contributed by atoms with Crippen LogP contribution in [0.2, 0.25) is 0 Å². The summed E-state index contributed by atoms with van der Waals surface area (Å²) in [6, 6.07) is 4.78. The molecule has 0 aliphatic carbocycles. The van der Waals surface area contributed by atoms with Gasteiger partial charge in [0.05, 0.1) is 26.0 Å². The summed E-state index contributed by atoms with van der Waals surface area (Å²) in [5, 5.41) is 3.24. The number of rotatable bonds is 6. The predicted molar refractivity (Wildman–Crippen MR) is 112 cm³/mol. The molecule has 29 heavy (non-hydrogen) atoms. The molecule has 2 heterocycles. The highest BCUT2D eigenvalue weighted by Crippen LogP contribution is 2.29. The molecule has 1 aliphatic rings. The van der Waals surface area contributed by atoms with Crippen LogP contribution in [-0.4, -0.2) is 57.0 Å². The minimum Gasteiger partial charge on any atom is -0.495 e. The standard InChI is InChI=1S/C19H23N3O5S2/c1-13-14(2)28-19(20-13)21-18(23)7-5-15-4-6-16(26-3)17(12-15)29(24,25)22-8-10-27-11-9-22/h4-7,12H,8-11H2,1-3H3,(H,20,21,23)/b7-5+. The fourth-order valence-electron chi connectivity index (χ4n) is 2.77. The molecule has 156 valence electrons. The molecule has 3 rings (SSSR count). The lowest BCUT2D eigenvalue weighted by molar-refractivity contribution is -0.111. The number of aryl methyl sites for hydroxylation is 2. The van der Waals surface area contributed by atoms with Gasteiger partial charge in [-0.25, -0.2) is 13.4 Å². The molecular formula is C19H23N3O5S2. The first-order valence-electron chi connectivity index (χ1n) is 9.00. The normalized spacial score (nSPS) is 15.6. The Bertz CT molecular complexity index is 1000. The summed E-state index contributed by atoms with van der Waals surface area (Å²) < 4.78 is 37.9. The number of morpholine rings is 1. The van der Waals surface area contributed by atoms with Crippen molar-refractivity contribution in [1.29, 1.82) is 0 Å². The number of anilines is 1. The largest absolute Gasteiger partial charge is 0.495 e. The zero-order chi connectivity index (χ0) is 21.0. The summed E-state index contributed by atoms with van der Waals surface area (Å²) in [6.07, 6.45) is 2.90. The van der Waals surface area contributed by atoms with Crippen molar-refractivity contribution in [2.24, 2.45) is 0 Å². The number of thiazole rings is 1. The van der Waals surface area contributed by atoms with Gasteiger partial charge in [0.15, 0.2) is 5.13 Å². The number of methoxy groups -OCH3 is 1. The molecule has 10 heteroatoms. The molecule has 0 bridgehead atoms. The Morgan fingerprint density at radius 1 is 1.31 bits per heavy atom. The van der Waals surface area contributed by atoms with Crippen molar-refractivity contribution in [3.63, 3.8) is 0 Å². The van der Waals surface area contributed by atoms with Crippen molar-refractivity contribution >= 4 is 38.5 Å². The lowest BCUT2D eigenvalue weighted by Gasteiger charge is -2.26. The summed E-state index contributed by atoms with van der Waals surface area (Å²) >= 11 is 1.40. The van der Waals surface area contributed by atoms with Crippen molar-refractivity contribution < 1.29 is 22.7 Å². The molecule has 1 amide bonds. The molecule has 8 nitrogen and oxygen atoms in total. The molecular weight excluding hydrogens is 414 g/mol. The summed E-state index contributed by atoms with van der Waals surface area (Å²) in [4.78, 5) is 17.5. The lowest BCUT2D eigenvalue weighted by atomic mass is 10.2. The van der Waals surface area contributed by atoms with E-state index in [1.54, 1.807) is 18.2 Å². The molecule has 0 saturated carbocycles. The van der Waals surface area contributed by atoms with Crippen LogP contribution in [0.5, 0.6) is 5.75 Å². The van der Waals surface area contributed by atoms with E-state index < -0.39 is 10.0 Å². The van der Waals surface area contributed by atoms with Crippen LogP contribution in [-0.2, 0) is 19.6 Å². The average molecular weight is 438 g/mol. The first-order chi connectivity index (χ1) is 13.8. The predicted octanol–water partition coefficient (Wildman–Crippen LogP) is 2.44. The van der Waals surface area contributed by atoms with Gasteiger partial charge >= 0.3 is 0 Å². The van der Waals surface area contributed by atoms with E-state index >= 15 is 0 Å². The van der Waals surface area contributed by atoms with Crippen LogP contribution >= 0.6 is 11.3 Å². The second-order valence-electron chi connectivity index (χ2n) is 6.41. The smallest absolute Gasteiger partial charge is 0.250 e. The molecule has 1 aliphatic heterocycles. The zero-order valence-electron chi connectivity index (χ0n) is 16.5. The Balaban J connectivity index is 1.80. The third-order valence-electron chi connectivity index (χ3n) is 4.46. The zero-order valence-corrected chi connectivity index (χ0v) is 18.1. The summed E-state index contributed by atoms with van der Waals surface area (Å²) in [5.41, 5.74) is 1.45. The van der Waals surface area contributed by atoms with Crippen molar-refractivity contribution in [1.82, 2.24) is 9.29 Å². The monoisotopic (exact) mass is 437 g/mol. The third kappa shape index (κ3) is 5.02. The molecule has 1 aromatic carbocycles. The second kappa shape index (κ2) is 9.04. The summed E-state index contributed by atoms with van der Waals surface area (Å²) in [5.74, 6) is -0.0843. The molecule has 1 fully saturated rings. The number of amides is 1. The number of aromatic nitrogens is 1. The maximum atomic E-state index is 13.0. The Kier molecular flexibility index (Phi) is 6.68. The van der Waals surface area contributed by atoms with Crippen molar-refractivity contribution in [3.8, 4) is 5.75 Å². The van der Waals surface area contributed by atoms with Crippen LogP contribution in [0.15, 0.2) is 29.2 Å². The van der Waals surface area contributed by atoms with Crippen LogP contribution in [0, 0.1) is 13.8 Å². The van der Waals surface area contributed by atoms with Gasteiger partial charge in [-0.1, -0.05) is 6.07 Å². The van der Waals surface area contributed by atoms with Gasteiger partial charge in [0, 0.05) is 24.0 Å². The van der Waals surface area contributed by atoms with Crippen LogP contribution in [0.1, 0.15) is 16.1 Å². The molecule has 1 saturated heterocycles. The van der Waals surface area contributed by atoms with E-state index in [9.17, 15) is 13.2 Å². The third-order valence-corrected chi connectivity index (χ3v) is 7.37. The number of benzene rings is 1. The molecule has 2 aromatic rings. The number of carbonyl (C=O) groups excluding carboxylic acids is 1. The maximum absolute atomic E-state index is 13.0. The van der Waals surface area contributed by atoms with Crippen molar-refractivity contribution in [3.05, 3.63) is 40.4 Å². The fraction of sp³-hybridized carbons (Fsp3) is 0.368. The van der Waals surface area contributed by atoms with E-state index in [0.717, 1.165) is 10.6 Å². The quantitative estimate of drug-likeness (QED) is 0.697. The first kappa shape index (κ1) is 21.4. The SMILES string of the molecule is COc1ccc(/C=C/C(=O)Nc2nc(C)c(C)s2)cc1S(=O)(=O)N1CCOCC1. The molecule has 0 spiro atoms. The van der Waals surface area contributed by atoms with Gasteiger partial charge in [-0.3, -0.25) is 10.1 Å². The average Bonchev–Trinajstić information content (AvgIpc) is 3.03. The number of carbonyl (C=O) groups is 1. The van der Waals surface area contributed by atoms with Crippen LogP contribution in [0.4, 0.5) is 5.13 Å².